The van der Waals surface area contributed by atoms with Crippen LogP contribution in [0.5, 0.6) is 0 Å². The Bertz CT molecular complexity index is 1260. The molecule has 168 valence electrons. The molecule has 33 heavy (non-hydrogen) atoms. The van der Waals surface area contributed by atoms with Gasteiger partial charge in [0, 0.05) is 17.5 Å². The van der Waals surface area contributed by atoms with Crippen LogP contribution in [0, 0.1) is 17.8 Å². The smallest absolute Gasteiger partial charge is 0.239 e. The van der Waals surface area contributed by atoms with Crippen LogP contribution in [0.25, 0.3) is 11.1 Å². The van der Waals surface area contributed by atoms with Gasteiger partial charge in [-0.3, -0.25) is 15.1 Å². The van der Waals surface area contributed by atoms with Crippen molar-refractivity contribution in [2.24, 2.45) is 0 Å². The lowest BCUT2D eigenvalue weighted by Crippen LogP contribution is -2.62. The number of nitrogens with one attached hydrogen (secondary N) is 2. The molecular weight excluding hydrogens is 426 g/mol. The van der Waals surface area contributed by atoms with Crippen LogP contribution in [0.15, 0.2) is 60.0 Å². The van der Waals surface area contributed by atoms with Crippen LogP contribution >= 0.6 is 11.3 Å². The van der Waals surface area contributed by atoms with Crippen molar-refractivity contribution in [1.82, 2.24) is 10.2 Å². The number of likely N-dealkylation sites (N-methyl/N-ethyl adjacent to an activating group) is 1. The SMILES string of the molecule is C#Cc1cccc(-c2csc([C@@]3(C)NC(=N)N(C)C(=O)[C@H]3c3ccc(C(C)(C)C)cc3)c2)c1. The molecule has 1 fully saturated rings. The second-order valence-electron chi connectivity index (χ2n) is 9.80. The zero-order valence-electron chi connectivity index (χ0n) is 19.7. The van der Waals surface area contributed by atoms with Crippen molar-refractivity contribution in [2.75, 3.05) is 7.05 Å². The number of amides is 1. The zero-order chi connectivity index (χ0) is 24.0. The molecule has 0 aliphatic carbocycles. The Kier molecular flexibility index (Phi) is 5.67. The number of terminal acetylenes is 1. The minimum atomic E-state index is -0.753. The Morgan fingerprint density at radius 2 is 1.82 bits per heavy atom. The molecule has 0 spiro atoms. The van der Waals surface area contributed by atoms with Gasteiger partial charge in [-0.25, -0.2) is 0 Å². The first kappa shape index (κ1) is 22.8. The van der Waals surface area contributed by atoms with Crippen LogP contribution in [0.3, 0.4) is 0 Å². The second-order valence-corrected chi connectivity index (χ2v) is 10.7. The lowest BCUT2D eigenvalue weighted by atomic mass is 9.76. The van der Waals surface area contributed by atoms with Crippen LogP contribution in [0.2, 0.25) is 0 Å². The normalized spacial score (nSPS) is 21.0. The highest BCUT2D eigenvalue weighted by Gasteiger charge is 2.49. The fraction of sp³-hybridized carbons (Fsp3) is 0.286. The third-order valence-corrected chi connectivity index (χ3v) is 7.62. The Labute approximate surface area is 200 Å². The molecule has 0 bridgehead atoms. The summed E-state index contributed by atoms with van der Waals surface area (Å²) in [5.74, 6) is 2.24. The predicted octanol–water partition coefficient (Wildman–Crippen LogP) is 5.69. The molecule has 2 atom stereocenters. The van der Waals surface area contributed by atoms with Crippen molar-refractivity contribution in [3.63, 3.8) is 0 Å². The summed E-state index contributed by atoms with van der Waals surface area (Å²) in [6, 6.07) is 18.3. The first-order valence-electron chi connectivity index (χ1n) is 11.0. The molecule has 0 radical (unpaired) electrons. The molecular formula is C28H29N3OS. The topological polar surface area (TPSA) is 56.2 Å². The van der Waals surface area contributed by atoms with Crippen LogP contribution in [-0.2, 0) is 15.7 Å². The Hall–Kier alpha value is -3.36. The summed E-state index contributed by atoms with van der Waals surface area (Å²) < 4.78 is 0. The molecule has 1 saturated heterocycles. The summed E-state index contributed by atoms with van der Waals surface area (Å²) in [4.78, 5) is 15.9. The van der Waals surface area contributed by atoms with Gasteiger partial charge in [0.15, 0.2) is 5.96 Å². The van der Waals surface area contributed by atoms with Gasteiger partial charge in [0.05, 0.1) is 11.5 Å². The predicted molar refractivity (Wildman–Crippen MR) is 137 cm³/mol. The first-order chi connectivity index (χ1) is 15.5. The van der Waals surface area contributed by atoms with Gasteiger partial charge >= 0.3 is 0 Å². The van der Waals surface area contributed by atoms with Gasteiger partial charge in [-0.2, -0.15) is 0 Å². The van der Waals surface area contributed by atoms with Crippen molar-refractivity contribution in [2.45, 2.75) is 44.6 Å². The van der Waals surface area contributed by atoms with E-state index >= 15 is 0 Å². The quantitative estimate of drug-likeness (QED) is 0.499. The van der Waals surface area contributed by atoms with Gasteiger partial charge in [0.1, 0.15) is 0 Å². The summed E-state index contributed by atoms with van der Waals surface area (Å²) in [5.41, 5.74) is 4.36. The van der Waals surface area contributed by atoms with Gasteiger partial charge in [0.25, 0.3) is 0 Å². The van der Waals surface area contributed by atoms with E-state index in [1.54, 1.807) is 18.4 Å². The van der Waals surface area contributed by atoms with Crippen LogP contribution in [-0.4, -0.2) is 23.8 Å². The van der Waals surface area contributed by atoms with Crippen molar-refractivity contribution in [3.8, 4) is 23.5 Å². The van der Waals surface area contributed by atoms with Crippen molar-refractivity contribution < 1.29 is 4.79 Å². The number of hydrogen-bond donors (Lipinski definition) is 2. The molecule has 1 amide bonds. The Morgan fingerprint density at radius 3 is 2.45 bits per heavy atom. The Morgan fingerprint density at radius 1 is 1.12 bits per heavy atom. The summed E-state index contributed by atoms with van der Waals surface area (Å²) >= 11 is 1.59. The molecule has 4 nitrogen and oxygen atoms in total. The number of guanidine groups is 1. The maximum atomic E-state index is 13.5. The Balaban J connectivity index is 1.79. The molecule has 2 N–H and O–H groups in total. The molecule has 3 aromatic rings. The fourth-order valence-corrected chi connectivity index (χ4v) is 5.42. The highest BCUT2D eigenvalue weighted by Crippen LogP contribution is 2.44. The van der Waals surface area contributed by atoms with Gasteiger partial charge in [-0.15, -0.1) is 17.8 Å². The van der Waals surface area contributed by atoms with E-state index in [1.165, 1.54) is 10.5 Å². The standard InChI is InChI=1S/C28H29N3OS/c1-7-18-9-8-10-20(15-18)21-16-23(33-17-21)28(5)24(25(32)31(6)26(29)30-28)19-11-13-22(14-12-19)27(2,3)4/h1,8-17,24H,2-6H3,(H2,29,30)/t24-,28-/m1/s1. The molecule has 4 rings (SSSR count). The number of thiophene rings is 1. The fourth-order valence-electron chi connectivity index (χ4n) is 4.36. The van der Waals surface area contributed by atoms with E-state index in [0.717, 1.165) is 27.1 Å². The summed E-state index contributed by atoms with van der Waals surface area (Å²) in [6.07, 6.45) is 5.58. The molecule has 0 saturated carbocycles. The lowest BCUT2D eigenvalue weighted by molar-refractivity contribution is -0.131. The summed E-state index contributed by atoms with van der Waals surface area (Å²) in [7, 11) is 1.65. The zero-order valence-corrected chi connectivity index (χ0v) is 20.5. The van der Waals surface area contributed by atoms with E-state index in [4.69, 9.17) is 11.8 Å². The lowest BCUT2D eigenvalue weighted by Gasteiger charge is -2.45. The molecule has 0 unspecified atom stereocenters. The summed E-state index contributed by atoms with van der Waals surface area (Å²) in [5, 5.41) is 13.8. The first-order valence-corrected chi connectivity index (χ1v) is 11.8. The number of carbonyl (C=O) groups excluding carboxylic acids is 1. The van der Waals surface area contributed by atoms with E-state index in [9.17, 15) is 4.79 Å². The van der Waals surface area contributed by atoms with Crippen LogP contribution in [0.4, 0.5) is 0 Å². The molecule has 2 heterocycles. The average molecular weight is 456 g/mol. The third-order valence-electron chi connectivity index (χ3n) is 6.45. The van der Waals surface area contributed by atoms with E-state index in [-0.39, 0.29) is 17.3 Å². The number of nitrogens with zero attached hydrogens (tertiary/aromatic N) is 1. The largest absolute Gasteiger partial charge is 0.345 e. The monoisotopic (exact) mass is 455 g/mol. The number of rotatable bonds is 3. The van der Waals surface area contributed by atoms with Gasteiger partial charge in [0.2, 0.25) is 5.91 Å². The van der Waals surface area contributed by atoms with E-state index in [2.05, 4.69) is 67.7 Å². The van der Waals surface area contributed by atoms with Gasteiger partial charge < -0.3 is 5.32 Å². The molecule has 1 aromatic heterocycles. The highest BCUT2D eigenvalue weighted by atomic mass is 32.1. The maximum Gasteiger partial charge on any atom is 0.239 e. The van der Waals surface area contributed by atoms with Crippen molar-refractivity contribution >= 4 is 23.2 Å². The summed E-state index contributed by atoms with van der Waals surface area (Å²) in [6.45, 7) is 8.55. The maximum absolute atomic E-state index is 13.5. The van der Waals surface area contributed by atoms with Gasteiger partial charge in [-0.1, -0.05) is 63.1 Å². The van der Waals surface area contributed by atoms with E-state index in [0.29, 0.717) is 0 Å². The van der Waals surface area contributed by atoms with E-state index < -0.39 is 11.5 Å². The minimum absolute atomic E-state index is 0.0329. The minimum Gasteiger partial charge on any atom is -0.345 e. The number of benzene rings is 2. The number of carbonyl (C=O) groups is 1. The van der Waals surface area contributed by atoms with E-state index in [1.807, 2.05) is 31.2 Å². The van der Waals surface area contributed by atoms with Gasteiger partial charge in [-0.05, 0) is 58.2 Å². The van der Waals surface area contributed by atoms with Crippen LogP contribution < -0.4 is 5.32 Å². The van der Waals surface area contributed by atoms with Crippen LogP contribution in [0.1, 0.15) is 55.2 Å². The molecule has 2 aromatic carbocycles. The molecule has 1 aliphatic heterocycles. The average Bonchev–Trinajstić information content (AvgIpc) is 3.29. The highest BCUT2D eigenvalue weighted by molar-refractivity contribution is 7.10. The second kappa shape index (κ2) is 8.20. The van der Waals surface area contributed by atoms with Crippen molar-refractivity contribution in [3.05, 3.63) is 81.5 Å². The van der Waals surface area contributed by atoms with Crippen molar-refractivity contribution in [1.29, 1.82) is 5.41 Å². The number of hydrogen-bond acceptors (Lipinski definition) is 3. The third kappa shape index (κ3) is 4.07. The molecule has 5 heteroatoms. The molecule has 1 aliphatic rings.